The molecule has 6 heteroatoms. The molecule has 0 aliphatic carbocycles. The first-order valence-corrected chi connectivity index (χ1v) is 5.76. The van der Waals surface area contributed by atoms with Crippen LogP contribution < -0.4 is 5.32 Å². The van der Waals surface area contributed by atoms with Crippen molar-refractivity contribution in [3.05, 3.63) is 30.2 Å². The van der Waals surface area contributed by atoms with Crippen LogP contribution in [-0.2, 0) is 6.42 Å². The average molecular weight is 257 g/mol. The van der Waals surface area contributed by atoms with Crippen LogP contribution in [0.4, 0.5) is 18.9 Å². The van der Waals surface area contributed by atoms with E-state index in [1.165, 1.54) is 0 Å². The topological polar surface area (TPSA) is 29.3 Å². The van der Waals surface area contributed by atoms with E-state index in [0.717, 1.165) is 12.0 Å². The van der Waals surface area contributed by atoms with Crippen LogP contribution in [-0.4, -0.2) is 22.1 Å². The van der Waals surface area contributed by atoms with Crippen LogP contribution in [0.1, 0.15) is 18.9 Å². The number of hydrogen-bond acceptors (Lipinski definition) is 2. The molecule has 0 saturated carbocycles. The molecule has 2 heterocycles. The number of aryl methyl sites for hydroxylation is 1. The number of rotatable bonds is 4. The first-order chi connectivity index (χ1) is 8.49. The standard InChI is InChI=1S/C12H14F3N3/c1-2-9-7-10(16-4-3-12(13,14)15)11-17-5-6-18(11)8-9/h5-8,16H,2-4H2,1H3. The maximum absolute atomic E-state index is 12.1. The third kappa shape index (κ3) is 2.94. The van der Waals surface area contributed by atoms with Crippen LogP contribution in [0.3, 0.4) is 0 Å². The number of pyridine rings is 1. The minimum absolute atomic E-state index is 0.140. The Morgan fingerprint density at radius 2 is 2.17 bits per heavy atom. The number of hydrogen-bond donors (Lipinski definition) is 1. The van der Waals surface area contributed by atoms with E-state index in [0.29, 0.717) is 11.3 Å². The smallest absolute Gasteiger partial charge is 0.382 e. The molecule has 0 spiro atoms. The van der Waals surface area contributed by atoms with Gasteiger partial charge in [-0.3, -0.25) is 0 Å². The Labute approximate surface area is 103 Å². The Kier molecular flexibility index (Phi) is 3.45. The quantitative estimate of drug-likeness (QED) is 0.910. The summed E-state index contributed by atoms with van der Waals surface area (Å²) in [6.45, 7) is 1.86. The second kappa shape index (κ2) is 4.88. The summed E-state index contributed by atoms with van der Waals surface area (Å²) in [5, 5.41) is 2.80. The first-order valence-electron chi connectivity index (χ1n) is 5.76. The SMILES string of the molecule is CCc1cc(NCCC(F)(F)F)c2nccn2c1. The van der Waals surface area contributed by atoms with Gasteiger partial charge in [-0.2, -0.15) is 13.2 Å². The Bertz CT molecular complexity index is 531. The number of aromatic nitrogens is 2. The third-order valence-corrected chi connectivity index (χ3v) is 2.68. The largest absolute Gasteiger partial charge is 0.390 e. The highest BCUT2D eigenvalue weighted by Crippen LogP contribution is 2.22. The van der Waals surface area contributed by atoms with Gasteiger partial charge in [-0.25, -0.2) is 4.98 Å². The van der Waals surface area contributed by atoms with Gasteiger partial charge in [0.25, 0.3) is 0 Å². The van der Waals surface area contributed by atoms with Gasteiger partial charge in [0.15, 0.2) is 5.65 Å². The minimum atomic E-state index is -4.14. The van der Waals surface area contributed by atoms with Gasteiger partial charge in [0.1, 0.15) is 0 Å². The lowest BCUT2D eigenvalue weighted by atomic mass is 10.2. The molecule has 3 nitrogen and oxygen atoms in total. The summed E-state index contributed by atoms with van der Waals surface area (Å²) in [4.78, 5) is 4.13. The molecule has 0 bridgehead atoms. The number of fused-ring (bicyclic) bond motifs is 1. The third-order valence-electron chi connectivity index (χ3n) is 2.68. The molecule has 0 radical (unpaired) electrons. The number of halogens is 3. The molecule has 18 heavy (non-hydrogen) atoms. The molecular weight excluding hydrogens is 243 g/mol. The van der Waals surface area contributed by atoms with Crippen LogP contribution in [0.15, 0.2) is 24.7 Å². The Morgan fingerprint density at radius 1 is 1.39 bits per heavy atom. The zero-order valence-electron chi connectivity index (χ0n) is 9.96. The van der Waals surface area contributed by atoms with Crippen molar-refractivity contribution in [1.82, 2.24) is 9.38 Å². The maximum atomic E-state index is 12.1. The van der Waals surface area contributed by atoms with Crippen LogP contribution in [0, 0.1) is 0 Å². The predicted molar refractivity (Wildman–Crippen MR) is 63.7 cm³/mol. The molecule has 0 unspecified atom stereocenters. The number of anilines is 1. The van der Waals surface area contributed by atoms with Gasteiger partial charge >= 0.3 is 6.18 Å². The van der Waals surface area contributed by atoms with Crippen molar-refractivity contribution in [2.24, 2.45) is 0 Å². The molecule has 2 rings (SSSR count). The molecule has 0 aliphatic rings. The molecule has 1 N–H and O–H groups in total. The summed E-state index contributed by atoms with van der Waals surface area (Å²) in [6, 6.07) is 1.85. The second-order valence-electron chi connectivity index (χ2n) is 4.07. The molecule has 0 amide bonds. The van der Waals surface area contributed by atoms with Crippen LogP contribution in [0.5, 0.6) is 0 Å². The van der Waals surface area contributed by atoms with E-state index < -0.39 is 12.6 Å². The normalized spacial score (nSPS) is 12.0. The summed E-state index contributed by atoms with van der Waals surface area (Å²) in [6.07, 6.45) is 1.17. The number of imidazole rings is 1. The van der Waals surface area contributed by atoms with Gasteiger partial charge in [0.2, 0.25) is 0 Å². The zero-order chi connectivity index (χ0) is 13.2. The van der Waals surface area contributed by atoms with Crippen molar-refractivity contribution in [3.8, 4) is 0 Å². The van der Waals surface area contributed by atoms with Crippen molar-refractivity contribution in [3.63, 3.8) is 0 Å². The highest BCUT2D eigenvalue weighted by molar-refractivity contribution is 5.68. The van der Waals surface area contributed by atoms with Crippen LogP contribution >= 0.6 is 0 Å². The van der Waals surface area contributed by atoms with Crippen molar-refractivity contribution >= 4 is 11.3 Å². The Balaban J connectivity index is 2.18. The number of alkyl halides is 3. The van der Waals surface area contributed by atoms with Crippen molar-refractivity contribution in [2.45, 2.75) is 25.9 Å². The summed E-state index contributed by atoms with van der Waals surface area (Å²) >= 11 is 0. The zero-order valence-corrected chi connectivity index (χ0v) is 9.96. The lowest BCUT2D eigenvalue weighted by Crippen LogP contribution is -2.15. The fourth-order valence-electron chi connectivity index (χ4n) is 1.75. The maximum Gasteiger partial charge on any atom is 0.390 e. The van der Waals surface area contributed by atoms with E-state index in [2.05, 4.69) is 10.3 Å². The molecule has 98 valence electrons. The van der Waals surface area contributed by atoms with E-state index in [1.54, 1.807) is 12.4 Å². The lowest BCUT2D eigenvalue weighted by molar-refractivity contribution is -0.131. The average Bonchev–Trinajstić information content (AvgIpc) is 2.75. The minimum Gasteiger partial charge on any atom is -0.382 e. The lowest BCUT2D eigenvalue weighted by Gasteiger charge is -2.11. The van der Waals surface area contributed by atoms with Crippen molar-refractivity contribution in [2.75, 3.05) is 11.9 Å². The fraction of sp³-hybridized carbons (Fsp3) is 0.417. The fourth-order valence-corrected chi connectivity index (χ4v) is 1.75. The molecule has 0 aromatic carbocycles. The van der Waals surface area contributed by atoms with E-state index in [9.17, 15) is 13.2 Å². The van der Waals surface area contributed by atoms with Crippen LogP contribution in [0.2, 0.25) is 0 Å². The molecule has 2 aromatic heterocycles. The van der Waals surface area contributed by atoms with E-state index in [-0.39, 0.29) is 6.54 Å². The number of nitrogens with one attached hydrogen (secondary N) is 1. The predicted octanol–water partition coefficient (Wildman–Crippen LogP) is 3.26. The van der Waals surface area contributed by atoms with E-state index in [1.807, 2.05) is 23.6 Å². The molecule has 2 aromatic rings. The van der Waals surface area contributed by atoms with Crippen molar-refractivity contribution < 1.29 is 13.2 Å². The molecular formula is C12H14F3N3. The van der Waals surface area contributed by atoms with Gasteiger partial charge in [0, 0.05) is 25.1 Å². The summed E-state index contributed by atoms with van der Waals surface area (Å²) in [5.41, 5.74) is 2.34. The second-order valence-corrected chi connectivity index (χ2v) is 4.07. The van der Waals surface area contributed by atoms with Gasteiger partial charge in [-0.15, -0.1) is 0 Å². The van der Waals surface area contributed by atoms with Gasteiger partial charge in [-0.1, -0.05) is 6.92 Å². The Morgan fingerprint density at radius 3 is 2.83 bits per heavy atom. The van der Waals surface area contributed by atoms with Crippen molar-refractivity contribution in [1.29, 1.82) is 0 Å². The molecule has 0 aliphatic heterocycles. The molecule has 0 saturated heterocycles. The molecule has 0 atom stereocenters. The van der Waals surface area contributed by atoms with Crippen LogP contribution in [0.25, 0.3) is 5.65 Å². The monoisotopic (exact) mass is 257 g/mol. The van der Waals surface area contributed by atoms with Gasteiger partial charge in [-0.05, 0) is 18.1 Å². The van der Waals surface area contributed by atoms with Gasteiger partial charge in [0.05, 0.1) is 12.1 Å². The van der Waals surface area contributed by atoms with E-state index in [4.69, 9.17) is 0 Å². The first kappa shape index (κ1) is 12.7. The highest BCUT2D eigenvalue weighted by Gasteiger charge is 2.26. The van der Waals surface area contributed by atoms with E-state index >= 15 is 0 Å². The van der Waals surface area contributed by atoms with Gasteiger partial charge < -0.3 is 9.72 Å². The number of nitrogens with zero attached hydrogens (tertiary/aromatic N) is 2. The summed E-state index contributed by atoms with van der Waals surface area (Å²) in [7, 11) is 0. The molecule has 0 fully saturated rings. The summed E-state index contributed by atoms with van der Waals surface area (Å²) < 4.78 is 38.1. The summed E-state index contributed by atoms with van der Waals surface area (Å²) in [5.74, 6) is 0. The Hall–Kier alpha value is -1.72. The highest BCUT2D eigenvalue weighted by atomic mass is 19.4.